The van der Waals surface area contributed by atoms with Crippen molar-refractivity contribution in [2.24, 2.45) is 0 Å². The molecule has 0 saturated carbocycles. The highest BCUT2D eigenvalue weighted by atomic mass is 16.5. The smallest absolute Gasteiger partial charge is 0.323 e. The lowest BCUT2D eigenvalue weighted by Gasteiger charge is -2.13. The molecule has 0 fully saturated rings. The maximum atomic E-state index is 12.6. The van der Waals surface area contributed by atoms with Crippen molar-refractivity contribution in [2.45, 2.75) is 6.42 Å². The van der Waals surface area contributed by atoms with E-state index < -0.39 is 6.03 Å². The molecule has 0 aliphatic carbocycles. The molecule has 0 saturated heterocycles. The molecule has 3 rings (SSSR count). The molecule has 1 heterocycles. The average Bonchev–Trinajstić information content (AvgIpc) is 2.98. The molecule has 4 amide bonds. The normalized spacial score (nSPS) is 12.6. The summed E-state index contributed by atoms with van der Waals surface area (Å²) < 4.78 is 15.4. The zero-order chi connectivity index (χ0) is 21.7. The number of carbonyl (C=O) groups excluding carboxylic acids is 3. The van der Waals surface area contributed by atoms with Crippen LogP contribution in [0.2, 0.25) is 0 Å². The van der Waals surface area contributed by atoms with Gasteiger partial charge in [0.1, 0.15) is 11.5 Å². The lowest BCUT2D eigenvalue weighted by molar-refractivity contribution is 0.0638. The van der Waals surface area contributed by atoms with E-state index in [-0.39, 0.29) is 23.9 Å². The Labute approximate surface area is 173 Å². The van der Waals surface area contributed by atoms with Crippen molar-refractivity contribution in [2.75, 3.05) is 45.1 Å². The van der Waals surface area contributed by atoms with Gasteiger partial charge in [0.2, 0.25) is 0 Å². The van der Waals surface area contributed by atoms with Crippen LogP contribution in [-0.4, -0.2) is 57.2 Å². The third-order valence-corrected chi connectivity index (χ3v) is 4.61. The van der Waals surface area contributed by atoms with Crippen molar-refractivity contribution in [3.8, 4) is 11.5 Å². The number of methoxy groups -OCH3 is 3. The van der Waals surface area contributed by atoms with Crippen LogP contribution in [0.5, 0.6) is 11.5 Å². The van der Waals surface area contributed by atoms with Gasteiger partial charge in [-0.15, -0.1) is 0 Å². The summed E-state index contributed by atoms with van der Waals surface area (Å²) in [4.78, 5) is 38.7. The van der Waals surface area contributed by atoms with Crippen molar-refractivity contribution in [1.82, 2.24) is 4.90 Å². The molecule has 1 aliphatic rings. The van der Waals surface area contributed by atoms with Crippen molar-refractivity contribution in [1.29, 1.82) is 0 Å². The van der Waals surface area contributed by atoms with E-state index in [1.807, 2.05) is 0 Å². The predicted octanol–water partition coefficient (Wildman–Crippen LogP) is 2.98. The fourth-order valence-corrected chi connectivity index (χ4v) is 3.13. The van der Waals surface area contributed by atoms with Crippen LogP contribution >= 0.6 is 0 Å². The number of amides is 4. The van der Waals surface area contributed by atoms with Gasteiger partial charge in [-0.05, 0) is 36.8 Å². The molecule has 0 unspecified atom stereocenters. The van der Waals surface area contributed by atoms with Gasteiger partial charge in [-0.2, -0.15) is 0 Å². The zero-order valence-electron chi connectivity index (χ0n) is 17.0. The molecule has 0 spiro atoms. The van der Waals surface area contributed by atoms with E-state index in [4.69, 9.17) is 14.2 Å². The Hall–Kier alpha value is -3.59. The van der Waals surface area contributed by atoms with Crippen molar-refractivity contribution < 1.29 is 28.6 Å². The molecular formula is C21H23N3O6. The summed E-state index contributed by atoms with van der Waals surface area (Å²) in [6, 6.07) is 9.08. The highest BCUT2D eigenvalue weighted by Gasteiger charge is 2.35. The summed E-state index contributed by atoms with van der Waals surface area (Å²) >= 11 is 0. The summed E-state index contributed by atoms with van der Waals surface area (Å²) in [6.45, 7) is 0.729. The Morgan fingerprint density at radius 2 is 1.70 bits per heavy atom. The van der Waals surface area contributed by atoms with Crippen LogP contribution in [0.4, 0.5) is 16.2 Å². The molecule has 9 nitrogen and oxygen atoms in total. The highest BCUT2D eigenvalue weighted by Crippen LogP contribution is 2.29. The van der Waals surface area contributed by atoms with Crippen molar-refractivity contribution in [3.05, 3.63) is 47.5 Å². The highest BCUT2D eigenvalue weighted by molar-refractivity contribution is 6.22. The molecule has 0 radical (unpaired) electrons. The van der Waals surface area contributed by atoms with Gasteiger partial charge in [-0.25, -0.2) is 4.79 Å². The maximum Gasteiger partial charge on any atom is 0.323 e. The van der Waals surface area contributed by atoms with Crippen molar-refractivity contribution in [3.63, 3.8) is 0 Å². The molecule has 30 heavy (non-hydrogen) atoms. The predicted molar refractivity (Wildman–Crippen MR) is 110 cm³/mol. The summed E-state index contributed by atoms with van der Waals surface area (Å²) in [5.74, 6) is 0.293. The first-order valence-corrected chi connectivity index (χ1v) is 9.27. The Morgan fingerprint density at radius 3 is 2.40 bits per heavy atom. The Morgan fingerprint density at radius 1 is 0.933 bits per heavy atom. The van der Waals surface area contributed by atoms with Gasteiger partial charge in [0.05, 0.1) is 31.0 Å². The topological polar surface area (TPSA) is 106 Å². The summed E-state index contributed by atoms with van der Waals surface area (Å²) in [6.07, 6.45) is 0.553. The molecule has 0 aromatic heterocycles. The number of anilines is 2. The number of carbonyl (C=O) groups is 3. The SMILES string of the molecule is COCCCN1C(=O)c2ccc(NC(=O)Nc3cc(OC)ccc3OC)cc2C1=O. The van der Waals surface area contributed by atoms with E-state index in [0.29, 0.717) is 41.5 Å². The van der Waals surface area contributed by atoms with Crippen LogP contribution in [-0.2, 0) is 4.74 Å². The third kappa shape index (κ3) is 4.36. The van der Waals surface area contributed by atoms with Gasteiger partial charge in [0.15, 0.2) is 0 Å². The first kappa shape index (κ1) is 21.1. The van der Waals surface area contributed by atoms with E-state index in [0.717, 1.165) is 0 Å². The van der Waals surface area contributed by atoms with Crippen LogP contribution in [0, 0.1) is 0 Å². The van der Waals surface area contributed by atoms with Gasteiger partial charge >= 0.3 is 6.03 Å². The number of ether oxygens (including phenoxy) is 3. The Balaban J connectivity index is 1.72. The largest absolute Gasteiger partial charge is 0.497 e. The van der Waals surface area contributed by atoms with Crippen molar-refractivity contribution >= 4 is 29.2 Å². The quantitative estimate of drug-likeness (QED) is 0.509. The molecule has 2 N–H and O–H groups in total. The fourth-order valence-electron chi connectivity index (χ4n) is 3.13. The number of fused-ring (bicyclic) bond motifs is 1. The third-order valence-electron chi connectivity index (χ3n) is 4.61. The van der Waals surface area contributed by atoms with E-state index in [1.165, 1.54) is 31.3 Å². The van der Waals surface area contributed by atoms with E-state index >= 15 is 0 Å². The number of imide groups is 1. The minimum Gasteiger partial charge on any atom is -0.497 e. The summed E-state index contributed by atoms with van der Waals surface area (Å²) in [5, 5.41) is 5.35. The van der Waals surface area contributed by atoms with Gasteiger partial charge in [-0.3, -0.25) is 14.5 Å². The lowest BCUT2D eigenvalue weighted by atomic mass is 10.1. The molecule has 0 bridgehead atoms. The van der Waals surface area contributed by atoms with E-state index in [2.05, 4.69) is 10.6 Å². The number of nitrogens with zero attached hydrogens (tertiary/aromatic N) is 1. The van der Waals surface area contributed by atoms with Crippen LogP contribution in [0.25, 0.3) is 0 Å². The molecule has 9 heteroatoms. The molecule has 2 aromatic carbocycles. The minimum atomic E-state index is -0.532. The first-order valence-electron chi connectivity index (χ1n) is 9.27. The van der Waals surface area contributed by atoms with Crippen LogP contribution in [0.3, 0.4) is 0 Å². The monoisotopic (exact) mass is 413 g/mol. The lowest BCUT2D eigenvalue weighted by Crippen LogP contribution is -2.31. The number of hydrogen-bond acceptors (Lipinski definition) is 6. The summed E-state index contributed by atoms with van der Waals surface area (Å²) in [5.41, 5.74) is 1.38. The van der Waals surface area contributed by atoms with Crippen LogP contribution in [0.1, 0.15) is 27.1 Å². The summed E-state index contributed by atoms with van der Waals surface area (Å²) in [7, 11) is 4.58. The minimum absolute atomic E-state index is 0.258. The van der Waals surface area contributed by atoms with Gasteiger partial charge < -0.3 is 24.8 Å². The molecule has 2 aromatic rings. The zero-order valence-corrected chi connectivity index (χ0v) is 17.0. The molecule has 0 atom stereocenters. The maximum absolute atomic E-state index is 12.6. The number of hydrogen-bond donors (Lipinski definition) is 2. The number of urea groups is 1. The van der Waals surface area contributed by atoms with Gasteiger partial charge in [-0.1, -0.05) is 0 Å². The van der Waals surface area contributed by atoms with Crippen LogP contribution in [0.15, 0.2) is 36.4 Å². The molecular weight excluding hydrogens is 390 g/mol. The average molecular weight is 413 g/mol. The number of rotatable bonds is 8. The number of benzene rings is 2. The molecule has 1 aliphatic heterocycles. The van der Waals surface area contributed by atoms with E-state index in [9.17, 15) is 14.4 Å². The molecule has 158 valence electrons. The first-order chi connectivity index (χ1) is 14.5. The second-order valence-corrected chi connectivity index (χ2v) is 6.51. The fraction of sp³-hybridized carbons (Fsp3) is 0.286. The Bertz CT molecular complexity index is 975. The van der Waals surface area contributed by atoms with Gasteiger partial charge in [0.25, 0.3) is 11.8 Å². The van der Waals surface area contributed by atoms with Gasteiger partial charge in [0, 0.05) is 32.0 Å². The second kappa shape index (κ2) is 9.27. The second-order valence-electron chi connectivity index (χ2n) is 6.51. The van der Waals surface area contributed by atoms with Crippen LogP contribution < -0.4 is 20.1 Å². The van der Waals surface area contributed by atoms with E-state index in [1.54, 1.807) is 31.4 Å². The number of nitrogens with one attached hydrogen (secondary N) is 2. The standard InChI is InChI=1S/C21H23N3O6/c1-28-10-4-9-24-19(25)15-7-5-13(11-16(15)20(24)26)22-21(27)23-17-12-14(29-2)6-8-18(17)30-3/h5-8,11-12H,4,9-10H2,1-3H3,(H2,22,23,27). The Kier molecular flexibility index (Phi) is 6.53.